The first kappa shape index (κ1) is 7.64. The fourth-order valence-electron chi connectivity index (χ4n) is 1.23. The van der Waals surface area contributed by atoms with Crippen molar-refractivity contribution in [3.05, 3.63) is 18.4 Å². The molecule has 0 atom stereocenters. The van der Waals surface area contributed by atoms with Crippen molar-refractivity contribution in [2.24, 2.45) is 0 Å². The van der Waals surface area contributed by atoms with E-state index in [0.29, 0.717) is 0 Å². The molecule has 0 heterocycles. The van der Waals surface area contributed by atoms with Crippen molar-refractivity contribution in [3.8, 4) is 0 Å². The number of rotatable bonds is 2. The third-order valence-corrected chi connectivity index (χ3v) is 1.78. The highest BCUT2D eigenvalue weighted by Gasteiger charge is 2.13. The van der Waals surface area contributed by atoms with Crippen molar-refractivity contribution < 1.29 is 4.74 Å². The lowest BCUT2D eigenvalue weighted by Gasteiger charge is -2.18. The summed E-state index contributed by atoms with van der Waals surface area (Å²) in [4.78, 5) is 0. The fraction of sp³-hybridized carbons (Fsp3) is 0.667. The van der Waals surface area contributed by atoms with E-state index in [9.17, 15) is 0 Å². The summed E-state index contributed by atoms with van der Waals surface area (Å²) in [5.74, 6) is 0. The van der Waals surface area contributed by atoms with Gasteiger partial charge in [0.1, 0.15) is 6.10 Å². The Morgan fingerprint density at radius 2 is 1.90 bits per heavy atom. The van der Waals surface area contributed by atoms with Gasteiger partial charge in [0, 0.05) is 0 Å². The van der Waals surface area contributed by atoms with Crippen LogP contribution in [0.25, 0.3) is 0 Å². The molecule has 1 radical (unpaired) electrons. The van der Waals surface area contributed by atoms with Crippen LogP contribution >= 0.6 is 0 Å². The van der Waals surface area contributed by atoms with E-state index in [4.69, 9.17) is 4.74 Å². The largest absolute Gasteiger partial charge is 0.491 e. The van der Waals surface area contributed by atoms with Gasteiger partial charge in [0.15, 0.2) is 0 Å². The highest BCUT2D eigenvalue weighted by atomic mass is 16.5. The summed E-state index contributed by atoms with van der Waals surface area (Å²) in [6.07, 6.45) is 11.3. The van der Waals surface area contributed by atoms with E-state index >= 15 is 0 Å². The lowest BCUT2D eigenvalue weighted by atomic mass is 9.98. The number of allylic oxidation sites excluding steroid dienone is 1. The first-order valence-corrected chi connectivity index (χ1v) is 4.06. The van der Waals surface area contributed by atoms with Crippen LogP contribution in [0.4, 0.5) is 0 Å². The Kier molecular flexibility index (Phi) is 3.34. The van der Waals surface area contributed by atoms with Crippen molar-refractivity contribution >= 4 is 0 Å². The second-order valence-corrected chi connectivity index (χ2v) is 2.69. The Morgan fingerprint density at radius 3 is 2.50 bits per heavy atom. The maximum atomic E-state index is 5.37. The number of ether oxygens (including phenoxy) is 1. The smallest absolute Gasteiger partial charge is 0.147 e. The molecule has 0 N–H and O–H groups in total. The van der Waals surface area contributed by atoms with Gasteiger partial charge in [-0.3, -0.25) is 0 Å². The molecule has 0 aromatic heterocycles. The predicted octanol–water partition coefficient (Wildman–Crippen LogP) is 3.03. The van der Waals surface area contributed by atoms with Crippen LogP contribution in [0, 0.1) is 6.10 Å². The number of hydrogen-bond donors (Lipinski definition) is 0. The minimum Gasteiger partial charge on any atom is -0.491 e. The molecule has 0 aromatic carbocycles. The average molecular weight is 139 g/mol. The quantitative estimate of drug-likeness (QED) is 0.534. The topological polar surface area (TPSA) is 9.23 Å². The van der Waals surface area contributed by atoms with Crippen molar-refractivity contribution in [3.63, 3.8) is 0 Å². The molecule has 0 spiro atoms. The van der Waals surface area contributed by atoms with Crippen LogP contribution in [0.5, 0.6) is 0 Å². The molecule has 0 aromatic rings. The zero-order valence-electron chi connectivity index (χ0n) is 6.60. The highest BCUT2D eigenvalue weighted by Crippen LogP contribution is 2.26. The minimum absolute atomic E-state index is 1.17. The highest BCUT2D eigenvalue weighted by molar-refractivity contribution is 4.85. The zero-order chi connectivity index (χ0) is 7.23. The normalized spacial score (nSPS) is 21.7. The molecule has 0 bridgehead atoms. The SMILES string of the molecule is C/C=C\O[C]1CCCCC1. The Labute approximate surface area is 63.1 Å². The maximum Gasteiger partial charge on any atom is 0.147 e. The van der Waals surface area contributed by atoms with Crippen molar-refractivity contribution in [1.29, 1.82) is 0 Å². The molecule has 0 saturated heterocycles. The van der Waals surface area contributed by atoms with Gasteiger partial charge in [-0.05, 0) is 32.6 Å². The van der Waals surface area contributed by atoms with Gasteiger partial charge in [-0.1, -0.05) is 12.5 Å². The van der Waals surface area contributed by atoms with Gasteiger partial charge in [-0.25, -0.2) is 0 Å². The van der Waals surface area contributed by atoms with Gasteiger partial charge in [0.2, 0.25) is 0 Å². The summed E-state index contributed by atoms with van der Waals surface area (Å²) in [5.41, 5.74) is 0. The van der Waals surface area contributed by atoms with Crippen molar-refractivity contribution in [1.82, 2.24) is 0 Å². The molecule has 1 nitrogen and oxygen atoms in total. The molecule has 1 rings (SSSR count). The van der Waals surface area contributed by atoms with E-state index in [0.717, 1.165) is 0 Å². The van der Waals surface area contributed by atoms with Crippen LogP contribution in [0.15, 0.2) is 12.3 Å². The van der Waals surface area contributed by atoms with Crippen LogP contribution in [0.2, 0.25) is 0 Å². The zero-order valence-corrected chi connectivity index (χ0v) is 6.60. The molecule has 1 heteroatoms. The molecule has 0 unspecified atom stereocenters. The lowest BCUT2D eigenvalue weighted by Crippen LogP contribution is -2.04. The minimum atomic E-state index is 1.17. The van der Waals surface area contributed by atoms with Crippen molar-refractivity contribution in [2.45, 2.75) is 39.0 Å². The number of hydrogen-bond acceptors (Lipinski definition) is 1. The Morgan fingerprint density at radius 1 is 1.20 bits per heavy atom. The van der Waals surface area contributed by atoms with Gasteiger partial charge in [0.25, 0.3) is 0 Å². The molecule has 0 amide bonds. The van der Waals surface area contributed by atoms with E-state index in [1.54, 1.807) is 6.26 Å². The molecule has 1 aliphatic rings. The van der Waals surface area contributed by atoms with E-state index in [-0.39, 0.29) is 0 Å². The summed E-state index contributed by atoms with van der Waals surface area (Å²) in [7, 11) is 0. The van der Waals surface area contributed by atoms with Gasteiger partial charge in [-0.15, -0.1) is 0 Å². The van der Waals surface area contributed by atoms with Gasteiger partial charge in [-0.2, -0.15) is 0 Å². The second-order valence-electron chi connectivity index (χ2n) is 2.69. The van der Waals surface area contributed by atoms with E-state index in [1.807, 2.05) is 13.0 Å². The van der Waals surface area contributed by atoms with Crippen molar-refractivity contribution in [2.75, 3.05) is 0 Å². The summed E-state index contributed by atoms with van der Waals surface area (Å²) in [6.45, 7) is 1.98. The standard InChI is InChI=1S/C9H15O/c1-2-8-10-9-6-4-3-5-7-9/h2,8H,3-7H2,1H3/b8-2-. The summed E-state index contributed by atoms with van der Waals surface area (Å²) in [6, 6.07) is 0. The molecule has 1 fully saturated rings. The van der Waals surface area contributed by atoms with Crippen LogP contribution in [0.3, 0.4) is 0 Å². The monoisotopic (exact) mass is 139 g/mol. The van der Waals surface area contributed by atoms with Crippen LogP contribution in [-0.4, -0.2) is 0 Å². The third-order valence-electron chi connectivity index (χ3n) is 1.78. The Bertz CT molecular complexity index is 101. The van der Waals surface area contributed by atoms with Gasteiger partial charge in [0.05, 0.1) is 6.26 Å². The summed E-state index contributed by atoms with van der Waals surface area (Å²) in [5, 5.41) is 0. The molecular weight excluding hydrogens is 124 g/mol. The molecule has 57 valence electrons. The fourth-order valence-corrected chi connectivity index (χ4v) is 1.23. The van der Waals surface area contributed by atoms with E-state index in [1.165, 1.54) is 38.2 Å². The molecule has 1 saturated carbocycles. The molecule has 1 aliphatic carbocycles. The lowest BCUT2D eigenvalue weighted by molar-refractivity contribution is 0.206. The van der Waals surface area contributed by atoms with E-state index in [2.05, 4.69) is 0 Å². The van der Waals surface area contributed by atoms with Gasteiger partial charge < -0.3 is 4.74 Å². The predicted molar refractivity (Wildman–Crippen MR) is 42.2 cm³/mol. The van der Waals surface area contributed by atoms with Crippen LogP contribution in [0.1, 0.15) is 39.0 Å². The maximum absolute atomic E-state index is 5.37. The molecule has 0 aliphatic heterocycles. The molecular formula is C9H15O. The first-order chi connectivity index (χ1) is 4.93. The first-order valence-electron chi connectivity index (χ1n) is 4.06. The average Bonchev–Trinajstić information content (AvgIpc) is 2.03. The Balaban J connectivity index is 2.13. The van der Waals surface area contributed by atoms with E-state index < -0.39 is 0 Å². The van der Waals surface area contributed by atoms with Crippen LogP contribution < -0.4 is 0 Å². The van der Waals surface area contributed by atoms with Gasteiger partial charge >= 0.3 is 0 Å². The molecule has 10 heavy (non-hydrogen) atoms. The summed E-state index contributed by atoms with van der Waals surface area (Å²) >= 11 is 0. The van der Waals surface area contributed by atoms with Crippen LogP contribution in [-0.2, 0) is 4.74 Å². The third kappa shape index (κ3) is 2.42. The Hall–Kier alpha value is -0.460. The summed E-state index contributed by atoms with van der Waals surface area (Å²) < 4.78 is 5.37. The second kappa shape index (κ2) is 4.37.